The molecule has 1 rings (SSSR count). The Morgan fingerprint density at radius 2 is 1.58 bits per heavy atom. The molecule has 0 saturated carbocycles. The Labute approximate surface area is 164 Å². The lowest BCUT2D eigenvalue weighted by Gasteiger charge is -2.20. The first-order valence-corrected chi connectivity index (χ1v) is 10.8. The molecule has 0 atom stereocenters. The number of hydrogen-bond donors (Lipinski definition) is 0. The molecular formula is C24H45NO. The zero-order chi connectivity index (χ0) is 20.2. The van der Waals surface area contributed by atoms with E-state index >= 15 is 0 Å². The van der Waals surface area contributed by atoms with Crippen molar-refractivity contribution in [1.29, 1.82) is 0 Å². The van der Waals surface area contributed by atoms with Crippen LogP contribution in [0.25, 0.3) is 0 Å². The van der Waals surface area contributed by atoms with Crippen LogP contribution in [0.5, 0.6) is 0 Å². The number of rotatable bonds is 9. The number of nitrogens with zero attached hydrogens (tertiary/aromatic N) is 1. The number of carbonyl (C=O) groups is 1. The van der Waals surface area contributed by atoms with Crippen molar-refractivity contribution in [3.63, 3.8) is 0 Å². The Morgan fingerprint density at radius 1 is 0.962 bits per heavy atom. The molecule has 0 aliphatic heterocycles. The van der Waals surface area contributed by atoms with Gasteiger partial charge in [0, 0.05) is 20.0 Å². The molecule has 152 valence electrons. The first-order valence-electron chi connectivity index (χ1n) is 10.8. The lowest BCUT2D eigenvalue weighted by Crippen LogP contribution is -2.30. The monoisotopic (exact) mass is 363 g/mol. The predicted octanol–water partition coefficient (Wildman–Crippen LogP) is 7.47. The highest BCUT2D eigenvalue weighted by molar-refractivity contribution is 5.73. The maximum absolute atomic E-state index is 11.2. The molecular weight excluding hydrogens is 318 g/mol. The minimum Gasteiger partial charge on any atom is -0.343 e. The third-order valence-electron chi connectivity index (χ3n) is 4.29. The smallest absolute Gasteiger partial charge is 0.219 e. The van der Waals surface area contributed by atoms with Gasteiger partial charge < -0.3 is 4.90 Å². The zero-order valence-corrected chi connectivity index (χ0v) is 18.7. The van der Waals surface area contributed by atoms with Crippen LogP contribution in [0.15, 0.2) is 35.5 Å². The zero-order valence-electron chi connectivity index (χ0n) is 18.7. The Bertz CT molecular complexity index is 418. The third kappa shape index (κ3) is 15.0. The van der Waals surface area contributed by atoms with Crippen molar-refractivity contribution in [2.75, 3.05) is 13.1 Å². The van der Waals surface area contributed by atoms with E-state index in [9.17, 15) is 4.79 Å². The first kappa shape index (κ1) is 26.9. The van der Waals surface area contributed by atoms with Gasteiger partial charge in [0.2, 0.25) is 5.91 Å². The van der Waals surface area contributed by atoms with Gasteiger partial charge in [0.1, 0.15) is 0 Å². The van der Waals surface area contributed by atoms with Gasteiger partial charge >= 0.3 is 0 Å². The summed E-state index contributed by atoms with van der Waals surface area (Å²) in [5, 5.41) is 0. The second kappa shape index (κ2) is 20.0. The molecule has 2 nitrogen and oxygen atoms in total. The molecule has 0 aromatic rings. The van der Waals surface area contributed by atoms with Crippen LogP contribution in [-0.4, -0.2) is 23.9 Å². The summed E-state index contributed by atoms with van der Waals surface area (Å²) in [5.74, 6) is 0.226. The fourth-order valence-corrected chi connectivity index (χ4v) is 2.66. The Morgan fingerprint density at radius 3 is 2.12 bits per heavy atom. The van der Waals surface area contributed by atoms with E-state index in [1.165, 1.54) is 36.8 Å². The van der Waals surface area contributed by atoms with Gasteiger partial charge in [-0.2, -0.15) is 0 Å². The summed E-state index contributed by atoms with van der Waals surface area (Å²) >= 11 is 0. The third-order valence-corrected chi connectivity index (χ3v) is 4.29. The van der Waals surface area contributed by atoms with Crippen molar-refractivity contribution in [2.24, 2.45) is 0 Å². The van der Waals surface area contributed by atoms with Crippen LogP contribution < -0.4 is 0 Å². The lowest BCUT2D eigenvalue weighted by molar-refractivity contribution is -0.129. The minimum atomic E-state index is 0.226. The number of hydrogen-bond acceptors (Lipinski definition) is 1. The molecule has 1 aliphatic carbocycles. The van der Waals surface area contributed by atoms with E-state index in [2.05, 4.69) is 52.0 Å². The molecule has 26 heavy (non-hydrogen) atoms. The second-order valence-corrected chi connectivity index (χ2v) is 6.61. The van der Waals surface area contributed by atoms with Crippen LogP contribution in [0.3, 0.4) is 0 Å². The molecule has 2 heteroatoms. The van der Waals surface area contributed by atoms with Gasteiger partial charge in [0.05, 0.1) is 0 Å². The van der Waals surface area contributed by atoms with E-state index in [0.29, 0.717) is 0 Å². The molecule has 0 fully saturated rings. The Hall–Kier alpha value is -1.31. The predicted molar refractivity (Wildman–Crippen MR) is 119 cm³/mol. The molecule has 1 aliphatic rings. The molecule has 0 bridgehead atoms. The number of amides is 1. The maximum atomic E-state index is 11.2. The van der Waals surface area contributed by atoms with Crippen molar-refractivity contribution >= 4 is 5.91 Å². The molecule has 1 amide bonds. The molecule has 0 spiro atoms. The summed E-state index contributed by atoms with van der Waals surface area (Å²) < 4.78 is 0. The van der Waals surface area contributed by atoms with E-state index in [4.69, 9.17) is 0 Å². The van der Waals surface area contributed by atoms with E-state index in [1.54, 1.807) is 6.92 Å². The van der Waals surface area contributed by atoms with Crippen LogP contribution in [0.4, 0.5) is 0 Å². The van der Waals surface area contributed by atoms with Gasteiger partial charge in [-0.3, -0.25) is 4.79 Å². The van der Waals surface area contributed by atoms with Crippen LogP contribution in [0.1, 0.15) is 99.8 Å². The Balaban J connectivity index is 0. The molecule has 0 aromatic heterocycles. The van der Waals surface area contributed by atoms with Crippen LogP contribution >= 0.6 is 0 Å². The van der Waals surface area contributed by atoms with Crippen LogP contribution in [0, 0.1) is 0 Å². The van der Waals surface area contributed by atoms with Gasteiger partial charge in [-0.25, -0.2) is 0 Å². The molecule has 0 aromatic carbocycles. The van der Waals surface area contributed by atoms with Crippen molar-refractivity contribution < 1.29 is 4.79 Å². The summed E-state index contributed by atoms with van der Waals surface area (Å²) in [6, 6.07) is 0. The summed E-state index contributed by atoms with van der Waals surface area (Å²) in [6.07, 6.45) is 18.2. The largest absolute Gasteiger partial charge is 0.343 e. The van der Waals surface area contributed by atoms with Crippen molar-refractivity contribution in [2.45, 2.75) is 99.8 Å². The van der Waals surface area contributed by atoms with Crippen molar-refractivity contribution in [1.82, 2.24) is 4.90 Å². The first-order chi connectivity index (χ1) is 12.6. The van der Waals surface area contributed by atoms with Crippen molar-refractivity contribution in [3.05, 3.63) is 35.5 Å². The molecule has 0 radical (unpaired) electrons. The Kier molecular flexibility index (Phi) is 20.7. The number of unbranched alkanes of at least 4 members (excludes halogenated alkanes) is 3. The summed E-state index contributed by atoms with van der Waals surface area (Å²) in [6.45, 7) is 16.4. The summed E-state index contributed by atoms with van der Waals surface area (Å²) in [7, 11) is 0. The van der Waals surface area contributed by atoms with Crippen LogP contribution in [-0.2, 0) is 4.79 Å². The van der Waals surface area contributed by atoms with Gasteiger partial charge in [-0.05, 0) is 38.2 Å². The molecule has 0 N–H and O–H groups in total. The van der Waals surface area contributed by atoms with Gasteiger partial charge in [0.15, 0.2) is 0 Å². The highest BCUT2D eigenvalue weighted by Crippen LogP contribution is 2.18. The number of allylic oxidation sites excluding steroid dienone is 6. The highest BCUT2D eigenvalue weighted by Gasteiger charge is 2.06. The maximum Gasteiger partial charge on any atom is 0.219 e. The lowest BCUT2D eigenvalue weighted by atomic mass is 10.0. The average molecular weight is 364 g/mol. The molecule has 0 unspecified atom stereocenters. The normalized spacial score (nSPS) is 12.6. The van der Waals surface area contributed by atoms with E-state index in [-0.39, 0.29) is 5.91 Å². The highest BCUT2D eigenvalue weighted by atomic mass is 16.2. The quantitative estimate of drug-likeness (QED) is 0.389. The number of carbonyl (C=O) groups excluding carboxylic acids is 1. The van der Waals surface area contributed by atoms with E-state index < -0.39 is 0 Å². The van der Waals surface area contributed by atoms with Crippen LogP contribution in [0.2, 0.25) is 0 Å². The SMILES string of the molecule is CC.CCCC1=C(C)CC=CC=C1.CCCCCN(CCCC)C(C)=O. The fourth-order valence-electron chi connectivity index (χ4n) is 2.66. The topological polar surface area (TPSA) is 20.3 Å². The fraction of sp³-hybridized carbons (Fsp3) is 0.708. The average Bonchev–Trinajstić information content (AvgIpc) is 2.85. The second-order valence-electron chi connectivity index (χ2n) is 6.61. The van der Waals surface area contributed by atoms with E-state index in [0.717, 1.165) is 38.8 Å². The minimum absolute atomic E-state index is 0.226. The van der Waals surface area contributed by atoms with Crippen molar-refractivity contribution in [3.8, 4) is 0 Å². The van der Waals surface area contributed by atoms with Gasteiger partial charge in [-0.15, -0.1) is 0 Å². The van der Waals surface area contributed by atoms with Gasteiger partial charge in [-0.1, -0.05) is 90.2 Å². The van der Waals surface area contributed by atoms with E-state index in [1.807, 2.05) is 18.7 Å². The summed E-state index contributed by atoms with van der Waals surface area (Å²) in [4.78, 5) is 13.1. The molecule has 0 saturated heterocycles. The molecule has 0 heterocycles. The summed E-state index contributed by atoms with van der Waals surface area (Å²) in [5.41, 5.74) is 3.05. The van der Waals surface area contributed by atoms with Gasteiger partial charge in [0.25, 0.3) is 0 Å². The standard InChI is InChI=1S/C11H23NO.C11H16.C2H6/c1-4-6-8-10-12(11(3)13)9-7-5-2;1-3-7-11-9-6-4-5-8-10(11)2;1-2/h4-10H2,1-3H3;4-6,9H,3,7-8H2,1-2H3;1-2H3.